The summed E-state index contributed by atoms with van der Waals surface area (Å²) >= 11 is 6.12. The number of piperidine rings is 1. The van der Waals surface area contributed by atoms with Gasteiger partial charge in [-0.25, -0.2) is 0 Å². The van der Waals surface area contributed by atoms with Crippen molar-refractivity contribution in [1.82, 2.24) is 15.1 Å². The van der Waals surface area contributed by atoms with Crippen molar-refractivity contribution in [1.29, 1.82) is 0 Å². The van der Waals surface area contributed by atoms with Crippen LogP contribution in [0.15, 0.2) is 28.7 Å². The van der Waals surface area contributed by atoms with Crippen molar-refractivity contribution in [3.63, 3.8) is 0 Å². The molecule has 1 saturated heterocycles. The standard InChI is InChI=1S/C15H18ClN3O2/c1-10-6-7-19(8-13(10)20)9-14-17-18-15(21-14)11-4-2-3-5-12(11)16/h2-5,10,13,20H,6-9H2,1H3. The maximum Gasteiger partial charge on any atom is 0.249 e. The lowest BCUT2D eigenvalue weighted by Crippen LogP contribution is -2.42. The first kappa shape index (κ1) is 14.5. The highest BCUT2D eigenvalue weighted by atomic mass is 35.5. The van der Waals surface area contributed by atoms with Crippen LogP contribution in [0.1, 0.15) is 19.2 Å². The highest BCUT2D eigenvalue weighted by Crippen LogP contribution is 2.27. The van der Waals surface area contributed by atoms with Crippen LogP contribution in [-0.4, -0.2) is 39.4 Å². The molecule has 0 aliphatic carbocycles. The minimum absolute atomic E-state index is 0.287. The number of hydrogen-bond acceptors (Lipinski definition) is 5. The molecule has 2 heterocycles. The number of halogens is 1. The van der Waals surface area contributed by atoms with Gasteiger partial charge in [-0.1, -0.05) is 30.7 Å². The van der Waals surface area contributed by atoms with E-state index in [1.54, 1.807) is 6.07 Å². The molecule has 0 spiro atoms. The molecule has 6 heteroatoms. The van der Waals surface area contributed by atoms with Gasteiger partial charge < -0.3 is 9.52 Å². The molecule has 21 heavy (non-hydrogen) atoms. The van der Waals surface area contributed by atoms with Crippen LogP contribution in [0, 0.1) is 5.92 Å². The Labute approximate surface area is 128 Å². The summed E-state index contributed by atoms with van der Waals surface area (Å²) in [5, 5.41) is 18.6. The maximum absolute atomic E-state index is 9.92. The van der Waals surface area contributed by atoms with Crippen molar-refractivity contribution >= 4 is 11.6 Å². The molecular formula is C15H18ClN3O2. The first-order chi connectivity index (χ1) is 10.1. The third-order valence-corrected chi connectivity index (χ3v) is 4.26. The predicted molar refractivity (Wildman–Crippen MR) is 79.8 cm³/mol. The van der Waals surface area contributed by atoms with Crippen LogP contribution < -0.4 is 0 Å². The highest BCUT2D eigenvalue weighted by Gasteiger charge is 2.25. The third-order valence-electron chi connectivity index (χ3n) is 3.93. The number of likely N-dealkylation sites (tertiary alicyclic amines) is 1. The van der Waals surface area contributed by atoms with Crippen molar-refractivity contribution in [2.24, 2.45) is 5.92 Å². The van der Waals surface area contributed by atoms with Crippen LogP contribution in [-0.2, 0) is 6.54 Å². The molecule has 0 amide bonds. The quantitative estimate of drug-likeness (QED) is 0.944. The summed E-state index contributed by atoms with van der Waals surface area (Å²) in [6.45, 7) is 4.21. The topological polar surface area (TPSA) is 62.4 Å². The molecule has 2 unspecified atom stereocenters. The Balaban J connectivity index is 1.70. The number of hydrogen-bond donors (Lipinski definition) is 1. The van der Waals surface area contributed by atoms with E-state index in [9.17, 15) is 5.11 Å². The first-order valence-corrected chi connectivity index (χ1v) is 7.49. The van der Waals surface area contributed by atoms with E-state index in [1.807, 2.05) is 18.2 Å². The van der Waals surface area contributed by atoms with Crippen molar-refractivity contribution in [2.45, 2.75) is 26.0 Å². The number of nitrogens with zero attached hydrogens (tertiary/aromatic N) is 3. The van der Waals surface area contributed by atoms with E-state index in [0.29, 0.717) is 35.8 Å². The van der Waals surface area contributed by atoms with Crippen LogP contribution in [0.5, 0.6) is 0 Å². The lowest BCUT2D eigenvalue weighted by Gasteiger charge is -2.33. The largest absolute Gasteiger partial charge is 0.419 e. The van der Waals surface area contributed by atoms with Gasteiger partial charge in [0, 0.05) is 6.54 Å². The van der Waals surface area contributed by atoms with Gasteiger partial charge in [0.05, 0.1) is 23.2 Å². The number of aliphatic hydroxyl groups is 1. The van der Waals surface area contributed by atoms with Gasteiger partial charge in [0.25, 0.3) is 0 Å². The van der Waals surface area contributed by atoms with E-state index in [1.165, 1.54) is 0 Å². The summed E-state index contributed by atoms with van der Waals surface area (Å²) in [7, 11) is 0. The monoisotopic (exact) mass is 307 g/mol. The third kappa shape index (κ3) is 3.26. The van der Waals surface area contributed by atoms with E-state index in [-0.39, 0.29) is 6.10 Å². The summed E-state index contributed by atoms with van der Waals surface area (Å²) in [6, 6.07) is 7.39. The smallest absolute Gasteiger partial charge is 0.249 e. The van der Waals surface area contributed by atoms with E-state index < -0.39 is 0 Å². The lowest BCUT2D eigenvalue weighted by atomic mass is 9.96. The Bertz CT molecular complexity index is 616. The molecule has 1 fully saturated rings. The molecule has 1 aromatic heterocycles. The van der Waals surface area contributed by atoms with Crippen LogP contribution in [0.2, 0.25) is 5.02 Å². The molecule has 1 aliphatic rings. The fourth-order valence-electron chi connectivity index (χ4n) is 2.51. The summed E-state index contributed by atoms with van der Waals surface area (Å²) in [5.74, 6) is 1.33. The summed E-state index contributed by atoms with van der Waals surface area (Å²) < 4.78 is 5.69. The zero-order chi connectivity index (χ0) is 14.8. The summed E-state index contributed by atoms with van der Waals surface area (Å²) in [5.41, 5.74) is 0.741. The molecule has 5 nitrogen and oxygen atoms in total. The van der Waals surface area contributed by atoms with Gasteiger partial charge in [0.15, 0.2) is 0 Å². The molecule has 0 bridgehead atoms. The minimum atomic E-state index is -0.287. The Kier molecular flexibility index (Phi) is 4.24. The summed E-state index contributed by atoms with van der Waals surface area (Å²) in [6.07, 6.45) is 0.692. The highest BCUT2D eigenvalue weighted by molar-refractivity contribution is 6.33. The van der Waals surface area contributed by atoms with Gasteiger partial charge in [0.1, 0.15) is 0 Å². The lowest BCUT2D eigenvalue weighted by molar-refractivity contribution is 0.0228. The molecule has 2 atom stereocenters. The Hall–Kier alpha value is -1.43. The Morgan fingerprint density at radius 2 is 2.19 bits per heavy atom. The van der Waals surface area contributed by atoms with Crippen molar-refractivity contribution < 1.29 is 9.52 Å². The molecule has 112 valence electrons. The van der Waals surface area contributed by atoms with Gasteiger partial charge in [-0.05, 0) is 31.0 Å². The number of rotatable bonds is 3. The second-order valence-electron chi connectivity index (χ2n) is 5.55. The predicted octanol–water partition coefficient (Wildman–Crippen LogP) is 2.59. The molecule has 0 saturated carbocycles. The molecule has 3 rings (SSSR count). The van der Waals surface area contributed by atoms with Crippen LogP contribution >= 0.6 is 11.6 Å². The number of benzene rings is 1. The molecule has 1 aliphatic heterocycles. The van der Waals surface area contributed by atoms with E-state index in [0.717, 1.165) is 18.5 Å². The van der Waals surface area contributed by atoms with Crippen LogP contribution in [0.4, 0.5) is 0 Å². The number of aromatic nitrogens is 2. The fraction of sp³-hybridized carbons (Fsp3) is 0.467. The zero-order valence-corrected chi connectivity index (χ0v) is 12.6. The van der Waals surface area contributed by atoms with Gasteiger partial charge in [0.2, 0.25) is 11.8 Å². The number of aliphatic hydroxyl groups excluding tert-OH is 1. The fourth-order valence-corrected chi connectivity index (χ4v) is 2.73. The minimum Gasteiger partial charge on any atom is -0.419 e. The van der Waals surface area contributed by atoms with E-state index in [4.69, 9.17) is 16.0 Å². The Morgan fingerprint density at radius 1 is 1.38 bits per heavy atom. The molecular weight excluding hydrogens is 290 g/mol. The summed E-state index contributed by atoms with van der Waals surface area (Å²) in [4.78, 5) is 2.13. The average Bonchev–Trinajstić information content (AvgIpc) is 2.92. The van der Waals surface area contributed by atoms with Gasteiger partial charge in [-0.2, -0.15) is 0 Å². The molecule has 2 aromatic rings. The second kappa shape index (κ2) is 6.13. The Morgan fingerprint density at radius 3 is 2.95 bits per heavy atom. The van der Waals surface area contributed by atoms with Gasteiger partial charge in [-0.3, -0.25) is 4.90 Å². The normalized spacial score (nSPS) is 23.4. The van der Waals surface area contributed by atoms with Gasteiger partial charge >= 0.3 is 0 Å². The van der Waals surface area contributed by atoms with Crippen molar-refractivity contribution in [2.75, 3.05) is 13.1 Å². The SMILES string of the molecule is CC1CCN(Cc2nnc(-c3ccccc3Cl)o2)CC1O. The van der Waals surface area contributed by atoms with Crippen molar-refractivity contribution in [3.8, 4) is 11.5 Å². The first-order valence-electron chi connectivity index (χ1n) is 7.11. The van der Waals surface area contributed by atoms with Crippen LogP contribution in [0.25, 0.3) is 11.5 Å². The van der Waals surface area contributed by atoms with Crippen LogP contribution in [0.3, 0.4) is 0 Å². The average molecular weight is 308 g/mol. The molecule has 1 aromatic carbocycles. The zero-order valence-electron chi connectivity index (χ0n) is 11.9. The second-order valence-corrected chi connectivity index (χ2v) is 5.96. The maximum atomic E-state index is 9.92. The molecule has 0 radical (unpaired) electrons. The number of β-amino-alcohol motifs (C(OH)–C–C–N with tert-alkyl or cyclic N) is 1. The van der Waals surface area contributed by atoms with Gasteiger partial charge in [-0.15, -0.1) is 10.2 Å². The van der Waals surface area contributed by atoms with E-state index >= 15 is 0 Å². The van der Waals surface area contributed by atoms with E-state index in [2.05, 4.69) is 22.0 Å². The van der Waals surface area contributed by atoms with Crippen molar-refractivity contribution in [3.05, 3.63) is 35.2 Å². The molecule has 1 N–H and O–H groups in total.